The molecule has 1 N–H and O–H groups in total. The van der Waals surface area contributed by atoms with Crippen LogP contribution in [-0.2, 0) is 11.2 Å². The molecule has 0 saturated heterocycles. The van der Waals surface area contributed by atoms with Crippen LogP contribution in [0.15, 0.2) is 59.4 Å². The van der Waals surface area contributed by atoms with Gasteiger partial charge in [0, 0.05) is 41.9 Å². The van der Waals surface area contributed by atoms with E-state index in [1.807, 2.05) is 25.1 Å². The molecule has 4 aromatic rings. The van der Waals surface area contributed by atoms with Crippen LogP contribution >= 0.6 is 11.6 Å². The fourth-order valence-corrected chi connectivity index (χ4v) is 2.97. The SMILES string of the molecule is Cc1cc(NC(=O)CCc2nc(-c3cccnc3)no2)n(-c2cccc(Cl)c2)n1. The lowest BCUT2D eigenvalue weighted by molar-refractivity contribution is -0.116. The average molecular weight is 409 g/mol. The highest BCUT2D eigenvalue weighted by Crippen LogP contribution is 2.20. The quantitative estimate of drug-likeness (QED) is 0.520. The van der Waals surface area contributed by atoms with Crippen molar-refractivity contribution in [1.29, 1.82) is 0 Å². The van der Waals surface area contributed by atoms with Gasteiger partial charge < -0.3 is 9.84 Å². The van der Waals surface area contributed by atoms with Crippen LogP contribution < -0.4 is 5.32 Å². The van der Waals surface area contributed by atoms with Crippen molar-refractivity contribution in [2.75, 3.05) is 5.32 Å². The van der Waals surface area contributed by atoms with E-state index in [1.54, 1.807) is 41.3 Å². The van der Waals surface area contributed by atoms with Crippen molar-refractivity contribution < 1.29 is 9.32 Å². The first-order chi connectivity index (χ1) is 14.1. The molecule has 1 amide bonds. The molecule has 0 aliphatic rings. The Morgan fingerprint density at radius 2 is 2.14 bits per heavy atom. The molecule has 29 heavy (non-hydrogen) atoms. The number of aryl methyl sites for hydroxylation is 2. The molecule has 8 nitrogen and oxygen atoms in total. The summed E-state index contributed by atoms with van der Waals surface area (Å²) in [4.78, 5) is 20.8. The van der Waals surface area contributed by atoms with E-state index in [4.69, 9.17) is 16.1 Å². The van der Waals surface area contributed by atoms with Crippen molar-refractivity contribution in [3.8, 4) is 17.1 Å². The second kappa shape index (κ2) is 8.24. The first-order valence-corrected chi connectivity index (χ1v) is 9.32. The second-order valence-corrected chi connectivity index (χ2v) is 6.80. The smallest absolute Gasteiger partial charge is 0.227 e. The number of amides is 1. The monoisotopic (exact) mass is 408 g/mol. The maximum Gasteiger partial charge on any atom is 0.227 e. The van der Waals surface area contributed by atoms with E-state index in [2.05, 4.69) is 25.5 Å². The van der Waals surface area contributed by atoms with E-state index in [0.29, 0.717) is 29.0 Å². The van der Waals surface area contributed by atoms with Crippen LogP contribution in [-0.4, -0.2) is 30.8 Å². The zero-order chi connectivity index (χ0) is 20.2. The van der Waals surface area contributed by atoms with Gasteiger partial charge in [-0.2, -0.15) is 10.1 Å². The summed E-state index contributed by atoms with van der Waals surface area (Å²) >= 11 is 6.07. The standard InChI is InChI=1S/C20H17ClN6O2/c1-13-10-17(27(25-13)16-6-2-5-15(21)11-16)23-18(28)7-8-19-24-20(26-29-19)14-4-3-9-22-12-14/h2-6,9-12H,7-8H2,1H3,(H,23,28). The Bertz CT molecular complexity index is 1140. The fourth-order valence-electron chi connectivity index (χ4n) is 2.79. The number of pyridine rings is 1. The molecule has 146 valence electrons. The van der Waals surface area contributed by atoms with Crippen LogP contribution in [0.4, 0.5) is 5.82 Å². The topological polar surface area (TPSA) is 98.7 Å². The number of carbonyl (C=O) groups excluding carboxylic acids is 1. The number of rotatable bonds is 6. The number of halogens is 1. The molecule has 0 spiro atoms. The fraction of sp³-hybridized carbons (Fsp3) is 0.150. The molecular formula is C20H17ClN6O2. The molecule has 0 radical (unpaired) electrons. The van der Waals surface area contributed by atoms with Crippen molar-refractivity contribution in [2.45, 2.75) is 19.8 Å². The maximum atomic E-state index is 12.4. The van der Waals surface area contributed by atoms with Crippen molar-refractivity contribution in [2.24, 2.45) is 0 Å². The summed E-state index contributed by atoms with van der Waals surface area (Å²) in [5.41, 5.74) is 2.30. The third-order valence-corrected chi connectivity index (χ3v) is 4.34. The molecule has 1 aromatic carbocycles. The molecule has 0 saturated carbocycles. The van der Waals surface area contributed by atoms with Gasteiger partial charge >= 0.3 is 0 Å². The summed E-state index contributed by atoms with van der Waals surface area (Å²) in [6.45, 7) is 1.86. The summed E-state index contributed by atoms with van der Waals surface area (Å²) in [6.07, 6.45) is 3.84. The third kappa shape index (κ3) is 4.49. The van der Waals surface area contributed by atoms with Gasteiger partial charge in [-0.3, -0.25) is 9.78 Å². The highest BCUT2D eigenvalue weighted by atomic mass is 35.5. The van der Waals surface area contributed by atoms with Crippen LogP contribution in [0.25, 0.3) is 17.1 Å². The molecule has 4 rings (SSSR count). The maximum absolute atomic E-state index is 12.4. The predicted molar refractivity (Wildman–Crippen MR) is 108 cm³/mol. The number of nitrogens with one attached hydrogen (secondary N) is 1. The van der Waals surface area contributed by atoms with Crippen molar-refractivity contribution in [1.82, 2.24) is 24.9 Å². The second-order valence-electron chi connectivity index (χ2n) is 6.36. The summed E-state index contributed by atoms with van der Waals surface area (Å²) in [5.74, 6) is 1.22. The van der Waals surface area contributed by atoms with Crippen LogP contribution in [0.2, 0.25) is 5.02 Å². The molecule has 0 unspecified atom stereocenters. The largest absolute Gasteiger partial charge is 0.339 e. The summed E-state index contributed by atoms with van der Waals surface area (Å²) in [5, 5.41) is 11.8. The first-order valence-electron chi connectivity index (χ1n) is 8.94. The van der Waals surface area contributed by atoms with Crippen LogP contribution in [0.5, 0.6) is 0 Å². The molecule has 0 aliphatic carbocycles. The molecule has 0 fully saturated rings. The molecule has 3 aromatic heterocycles. The molecule has 3 heterocycles. The minimum absolute atomic E-state index is 0.186. The number of hydrogen-bond donors (Lipinski definition) is 1. The number of hydrogen-bond acceptors (Lipinski definition) is 6. The minimum atomic E-state index is -0.186. The van der Waals surface area contributed by atoms with Gasteiger partial charge in [-0.25, -0.2) is 4.68 Å². The van der Waals surface area contributed by atoms with Gasteiger partial charge in [0.1, 0.15) is 5.82 Å². The molecule has 0 aliphatic heterocycles. The Kier molecular flexibility index (Phi) is 5.35. The van der Waals surface area contributed by atoms with Crippen molar-refractivity contribution in [3.63, 3.8) is 0 Å². The third-order valence-electron chi connectivity index (χ3n) is 4.11. The van der Waals surface area contributed by atoms with Gasteiger partial charge in [0.2, 0.25) is 17.6 Å². The minimum Gasteiger partial charge on any atom is -0.339 e. The molecular weight excluding hydrogens is 392 g/mol. The molecule has 9 heteroatoms. The lowest BCUT2D eigenvalue weighted by Gasteiger charge is -2.08. The van der Waals surface area contributed by atoms with Crippen molar-refractivity contribution in [3.05, 3.63) is 71.5 Å². The summed E-state index contributed by atoms with van der Waals surface area (Å²) in [7, 11) is 0. The van der Waals surface area contributed by atoms with E-state index in [1.165, 1.54) is 0 Å². The van der Waals surface area contributed by atoms with E-state index >= 15 is 0 Å². The Labute approximate surface area is 171 Å². The Balaban J connectivity index is 1.42. The lowest BCUT2D eigenvalue weighted by atomic mass is 10.2. The van der Waals surface area contributed by atoms with Crippen LogP contribution in [0.3, 0.4) is 0 Å². The van der Waals surface area contributed by atoms with Gasteiger partial charge in [-0.15, -0.1) is 0 Å². The zero-order valence-corrected chi connectivity index (χ0v) is 16.3. The lowest BCUT2D eigenvalue weighted by Crippen LogP contribution is -2.15. The van der Waals surface area contributed by atoms with Gasteiger partial charge in [-0.05, 0) is 37.3 Å². The molecule has 0 bridgehead atoms. The van der Waals surface area contributed by atoms with Crippen LogP contribution in [0.1, 0.15) is 18.0 Å². The summed E-state index contributed by atoms with van der Waals surface area (Å²) in [6, 6.07) is 12.7. The first kappa shape index (κ1) is 18.8. The number of aromatic nitrogens is 5. The van der Waals surface area contributed by atoms with Gasteiger partial charge in [0.25, 0.3) is 0 Å². The number of anilines is 1. The van der Waals surface area contributed by atoms with Gasteiger partial charge in [-0.1, -0.05) is 22.8 Å². The number of carbonyl (C=O) groups is 1. The van der Waals surface area contributed by atoms with Crippen molar-refractivity contribution >= 4 is 23.3 Å². The highest BCUT2D eigenvalue weighted by molar-refractivity contribution is 6.30. The normalized spacial score (nSPS) is 10.8. The Morgan fingerprint density at radius 1 is 1.24 bits per heavy atom. The highest BCUT2D eigenvalue weighted by Gasteiger charge is 2.14. The average Bonchev–Trinajstić information content (AvgIpc) is 3.34. The zero-order valence-electron chi connectivity index (χ0n) is 15.5. The number of benzene rings is 1. The van der Waals surface area contributed by atoms with E-state index < -0.39 is 0 Å². The molecule has 0 atom stereocenters. The summed E-state index contributed by atoms with van der Waals surface area (Å²) < 4.78 is 6.87. The van der Waals surface area contributed by atoms with E-state index in [0.717, 1.165) is 16.9 Å². The van der Waals surface area contributed by atoms with Gasteiger partial charge in [0.15, 0.2) is 0 Å². The van der Waals surface area contributed by atoms with Gasteiger partial charge in [0.05, 0.1) is 11.4 Å². The number of nitrogens with zero attached hydrogens (tertiary/aromatic N) is 5. The van der Waals surface area contributed by atoms with Crippen LogP contribution in [0, 0.1) is 6.92 Å². The predicted octanol–water partition coefficient (Wildman–Crippen LogP) is 3.85. The van der Waals surface area contributed by atoms with E-state index in [-0.39, 0.29) is 12.3 Å². The Morgan fingerprint density at radius 3 is 2.93 bits per heavy atom. The van der Waals surface area contributed by atoms with E-state index in [9.17, 15) is 4.79 Å². The Hall–Kier alpha value is -3.52.